The fourth-order valence-corrected chi connectivity index (χ4v) is 2.05. The number of carbonyl (C=O) groups is 1. The molecule has 0 aliphatic carbocycles. The Balaban J connectivity index is 2.58. The number of phenolic OH excluding ortho intramolecular Hbond substituents is 1. The van der Waals surface area contributed by atoms with Crippen molar-refractivity contribution < 1.29 is 24.1 Å². The fraction of sp³-hybridized carbons (Fsp3) is 0.188. The molecule has 0 spiro atoms. The average molecular weight is 288 g/mol. The van der Waals surface area contributed by atoms with Gasteiger partial charge in [0.05, 0.1) is 26.9 Å². The first-order valence-corrected chi connectivity index (χ1v) is 6.25. The summed E-state index contributed by atoms with van der Waals surface area (Å²) in [6.07, 6.45) is 0. The Hall–Kier alpha value is -2.69. The summed E-state index contributed by atoms with van der Waals surface area (Å²) in [5, 5.41) is 10.1. The van der Waals surface area contributed by atoms with E-state index in [2.05, 4.69) is 0 Å². The predicted octanol–water partition coefficient (Wildman–Crippen LogP) is 2.65. The van der Waals surface area contributed by atoms with Crippen LogP contribution in [0.3, 0.4) is 0 Å². The summed E-state index contributed by atoms with van der Waals surface area (Å²) in [7, 11) is 4.38. The van der Waals surface area contributed by atoms with E-state index in [4.69, 9.17) is 14.2 Å². The molecule has 0 radical (unpaired) electrons. The van der Waals surface area contributed by atoms with Gasteiger partial charge in [0.2, 0.25) is 5.78 Å². The van der Waals surface area contributed by atoms with E-state index in [1.54, 1.807) is 30.3 Å². The van der Waals surface area contributed by atoms with Crippen molar-refractivity contribution in [3.05, 3.63) is 47.5 Å². The molecule has 2 aromatic rings. The molecule has 0 aliphatic rings. The normalized spacial score (nSPS) is 10.0. The van der Waals surface area contributed by atoms with Crippen LogP contribution in [0.2, 0.25) is 0 Å². The van der Waals surface area contributed by atoms with Crippen molar-refractivity contribution in [3.63, 3.8) is 0 Å². The van der Waals surface area contributed by atoms with Crippen molar-refractivity contribution in [3.8, 4) is 23.0 Å². The third-order valence-electron chi connectivity index (χ3n) is 3.09. The van der Waals surface area contributed by atoms with E-state index in [0.717, 1.165) is 0 Å². The average Bonchev–Trinajstić information content (AvgIpc) is 2.53. The van der Waals surface area contributed by atoms with Crippen LogP contribution < -0.4 is 14.2 Å². The quantitative estimate of drug-likeness (QED) is 0.857. The molecule has 0 unspecified atom stereocenters. The number of methoxy groups -OCH3 is 3. The second-order valence-electron chi connectivity index (χ2n) is 4.25. The summed E-state index contributed by atoms with van der Waals surface area (Å²) in [5.41, 5.74) is 0.418. The minimum Gasteiger partial charge on any atom is -0.507 e. The standard InChI is InChI=1S/C16H16O5/c1-19-10-8-12(17)15(14(9-10)21-3)16(18)11-6-4-5-7-13(11)20-2/h4-9,17H,1-3H3. The molecule has 0 amide bonds. The van der Waals surface area contributed by atoms with Crippen LogP contribution in [0.15, 0.2) is 36.4 Å². The number of carbonyl (C=O) groups excluding carboxylic acids is 1. The van der Waals surface area contributed by atoms with Gasteiger partial charge in [-0.2, -0.15) is 0 Å². The highest BCUT2D eigenvalue weighted by molar-refractivity contribution is 6.14. The number of hydrogen-bond acceptors (Lipinski definition) is 5. The second-order valence-corrected chi connectivity index (χ2v) is 4.25. The summed E-state index contributed by atoms with van der Waals surface area (Å²) in [4.78, 5) is 12.7. The van der Waals surface area contributed by atoms with E-state index in [1.165, 1.54) is 27.4 Å². The summed E-state index contributed by atoms with van der Waals surface area (Å²) in [6.45, 7) is 0. The van der Waals surface area contributed by atoms with Gasteiger partial charge in [-0.25, -0.2) is 0 Å². The van der Waals surface area contributed by atoms with Crippen molar-refractivity contribution >= 4 is 5.78 Å². The van der Waals surface area contributed by atoms with Gasteiger partial charge in [-0.3, -0.25) is 4.79 Å². The molecule has 2 rings (SSSR count). The molecule has 0 bridgehead atoms. The molecule has 0 heterocycles. The highest BCUT2D eigenvalue weighted by Gasteiger charge is 2.23. The van der Waals surface area contributed by atoms with Crippen LogP contribution in [-0.2, 0) is 0 Å². The Kier molecular flexibility index (Phi) is 4.33. The second kappa shape index (κ2) is 6.17. The molecule has 2 aromatic carbocycles. The van der Waals surface area contributed by atoms with Gasteiger partial charge in [0.1, 0.15) is 28.6 Å². The van der Waals surface area contributed by atoms with Gasteiger partial charge in [0.25, 0.3) is 0 Å². The van der Waals surface area contributed by atoms with Crippen LogP contribution >= 0.6 is 0 Å². The Morgan fingerprint density at radius 1 is 0.952 bits per heavy atom. The van der Waals surface area contributed by atoms with E-state index in [9.17, 15) is 9.90 Å². The van der Waals surface area contributed by atoms with Gasteiger partial charge in [-0.1, -0.05) is 12.1 Å². The molecule has 0 aliphatic heterocycles. The molecule has 0 saturated heterocycles. The number of aromatic hydroxyl groups is 1. The van der Waals surface area contributed by atoms with E-state index in [-0.39, 0.29) is 22.8 Å². The number of benzene rings is 2. The molecule has 0 saturated carbocycles. The van der Waals surface area contributed by atoms with Gasteiger partial charge in [-0.15, -0.1) is 0 Å². The Bertz CT molecular complexity index is 664. The smallest absolute Gasteiger partial charge is 0.204 e. The Labute approximate surface area is 122 Å². The Morgan fingerprint density at radius 2 is 1.62 bits per heavy atom. The van der Waals surface area contributed by atoms with E-state index in [0.29, 0.717) is 17.1 Å². The predicted molar refractivity (Wildman–Crippen MR) is 77.6 cm³/mol. The maximum absolute atomic E-state index is 12.7. The zero-order valence-corrected chi connectivity index (χ0v) is 12.0. The first-order valence-electron chi connectivity index (χ1n) is 6.25. The number of ether oxygens (including phenoxy) is 3. The third-order valence-corrected chi connectivity index (χ3v) is 3.09. The van der Waals surface area contributed by atoms with Crippen LogP contribution in [-0.4, -0.2) is 32.2 Å². The first-order chi connectivity index (χ1) is 10.1. The van der Waals surface area contributed by atoms with Crippen molar-refractivity contribution in [2.24, 2.45) is 0 Å². The van der Waals surface area contributed by atoms with Crippen molar-refractivity contribution in [1.29, 1.82) is 0 Å². The Morgan fingerprint density at radius 3 is 2.24 bits per heavy atom. The zero-order valence-electron chi connectivity index (χ0n) is 12.0. The lowest BCUT2D eigenvalue weighted by molar-refractivity contribution is 0.103. The first kappa shape index (κ1) is 14.7. The summed E-state index contributed by atoms with van der Waals surface area (Å²) in [5.74, 6) is 0.481. The van der Waals surface area contributed by atoms with Crippen molar-refractivity contribution in [1.82, 2.24) is 0 Å². The van der Waals surface area contributed by atoms with Crippen LogP contribution in [0.25, 0.3) is 0 Å². The molecule has 0 atom stereocenters. The minimum absolute atomic E-state index is 0.0720. The number of para-hydroxylation sites is 1. The van der Waals surface area contributed by atoms with Crippen LogP contribution in [0.5, 0.6) is 23.0 Å². The van der Waals surface area contributed by atoms with Gasteiger partial charge in [-0.05, 0) is 12.1 Å². The van der Waals surface area contributed by atoms with Gasteiger partial charge in [0.15, 0.2) is 0 Å². The largest absolute Gasteiger partial charge is 0.507 e. The maximum atomic E-state index is 12.7. The number of rotatable bonds is 5. The lowest BCUT2D eigenvalue weighted by atomic mass is 10.0. The van der Waals surface area contributed by atoms with Gasteiger partial charge in [0, 0.05) is 12.1 Å². The zero-order chi connectivity index (χ0) is 15.4. The number of phenols is 1. The van der Waals surface area contributed by atoms with E-state index in [1.807, 2.05) is 0 Å². The number of hydrogen-bond donors (Lipinski definition) is 1. The van der Waals surface area contributed by atoms with Crippen molar-refractivity contribution in [2.75, 3.05) is 21.3 Å². The topological polar surface area (TPSA) is 65.0 Å². The molecular weight excluding hydrogens is 272 g/mol. The van der Waals surface area contributed by atoms with E-state index >= 15 is 0 Å². The van der Waals surface area contributed by atoms with Crippen LogP contribution in [0, 0.1) is 0 Å². The molecule has 0 fully saturated rings. The maximum Gasteiger partial charge on any atom is 0.204 e. The molecule has 21 heavy (non-hydrogen) atoms. The minimum atomic E-state index is -0.385. The monoisotopic (exact) mass is 288 g/mol. The summed E-state index contributed by atoms with van der Waals surface area (Å²) < 4.78 is 15.4. The summed E-state index contributed by atoms with van der Waals surface area (Å²) >= 11 is 0. The van der Waals surface area contributed by atoms with Gasteiger partial charge < -0.3 is 19.3 Å². The lowest BCUT2D eigenvalue weighted by Crippen LogP contribution is -2.06. The molecule has 110 valence electrons. The molecule has 1 N–H and O–H groups in total. The molecular formula is C16H16O5. The highest BCUT2D eigenvalue weighted by Crippen LogP contribution is 2.36. The number of ketones is 1. The van der Waals surface area contributed by atoms with E-state index < -0.39 is 0 Å². The summed E-state index contributed by atoms with van der Waals surface area (Å²) in [6, 6.07) is 9.71. The molecule has 0 aromatic heterocycles. The van der Waals surface area contributed by atoms with Gasteiger partial charge >= 0.3 is 0 Å². The highest BCUT2D eigenvalue weighted by atomic mass is 16.5. The van der Waals surface area contributed by atoms with Crippen molar-refractivity contribution in [2.45, 2.75) is 0 Å². The SMILES string of the molecule is COc1cc(O)c(C(=O)c2ccccc2OC)c(OC)c1. The molecule has 5 nitrogen and oxygen atoms in total. The fourth-order valence-electron chi connectivity index (χ4n) is 2.05. The third kappa shape index (κ3) is 2.76. The molecule has 5 heteroatoms. The van der Waals surface area contributed by atoms with Crippen LogP contribution in [0.4, 0.5) is 0 Å². The van der Waals surface area contributed by atoms with Crippen LogP contribution in [0.1, 0.15) is 15.9 Å². The lowest BCUT2D eigenvalue weighted by Gasteiger charge is -2.13.